The summed E-state index contributed by atoms with van der Waals surface area (Å²) >= 11 is 0. The van der Waals surface area contributed by atoms with E-state index in [9.17, 15) is 13.6 Å². The molecule has 1 rings (SSSR count). The maximum absolute atomic E-state index is 11.9. The summed E-state index contributed by atoms with van der Waals surface area (Å²) in [4.78, 5) is 11.4. The van der Waals surface area contributed by atoms with Crippen LogP contribution in [-0.2, 0) is 6.54 Å². The van der Waals surface area contributed by atoms with E-state index in [4.69, 9.17) is 5.73 Å². The average molecular weight is 218 g/mol. The molecular formula is C8H12F2N4O. The summed E-state index contributed by atoms with van der Waals surface area (Å²) < 4.78 is 25.1. The zero-order valence-corrected chi connectivity index (χ0v) is 8.20. The van der Waals surface area contributed by atoms with Crippen LogP contribution in [0.1, 0.15) is 17.4 Å². The van der Waals surface area contributed by atoms with Crippen LogP contribution in [0, 0.1) is 0 Å². The van der Waals surface area contributed by atoms with Crippen LogP contribution in [0.4, 0.5) is 14.5 Å². The highest BCUT2D eigenvalue weighted by molar-refractivity contribution is 5.97. The van der Waals surface area contributed by atoms with Crippen molar-refractivity contribution < 1.29 is 13.6 Å². The zero-order valence-electron chi connectivity index (χ0n) is 8.20. The summed E-state index contributed by atoms with van der Waals surface area (Å²) in [6.45, 7) is 1.54. The first-order chi connectivity index (χ1) is 7.06. The zero-order chi connectivity index (χ0) is 11.4. The maximum Gasteiger partial charge on any atom is 0.271 e. The molecule has 3 N–H and O–H groups in total. The summed E-state index contributed by atoms with van der Waals surface area (Å²) in [5.74, 6) is -0.632. The number of hydrogen-bond acceptors (Lipinski definition) is 3. The largest absolute Gasteiger partial charge is 0.396 e. The van der Waals surface area contributed by atoms with Crippen molar-refractivity contribution in [3.63, 3.8) is 0 Å². The van der Waals surface area contributed by atoms with Gasteiger partial charge in [-0.05, 0) is 6.92 Å². The van der Waals surface area contributed by atoms with Crippen LogP contribution in [0.2, 0.25) is 0 Å². The highest BCUT2D eigenvalue weighted by Gasteiger charge is 2.16. The summed E-state index contributed by atoms with van der Waals surface area (Å²) in [5, 5.41) is 5.90. The monoisotopic (exact) mass is 218 g/mol. The fourth-order valence-electron chi connectivity index (χ4n) is 1.14. The molecule has 84 valence electrons. The van der Waals surface area contributed by atoms with Gasteiger partial charge in [-0.3, -0.25) is 9.48 Å². The van der Waals surface area contributed by atoms with Gasteiger partial charge in [-0.25, -0.2) is 8.78 Å². The first-order valence-corrected chi connectivity index (χ1v) is 4.43. The third-order valence-electron chi connectivity index (χ3n) is 1.80. The molecule has 0 radical (unpaired) electrons. The molecule has 0 saturated carbocycles. The molecule has 0 aromatic carbocycles. The molecule has 1 aromatic rings. The average Bonchev–Trinajstić information content (AvgIpc) is 2.56. The van der Waals surface area contributed by atoms with Crippen LogP contribution in [0.3, 0.4) is 0 Å². The molecule has 15 heavy (non-hydrogen) atoms. The Balaban J connectivity index is 2.76. The molecule has 0 fully saturated rings. The number of halogens is 2. The van der Waals surface area contributed by atoms with Crippen molar-refractivity contribution in [3.05, 3.63) is 11.9 Å². The van der Waals surface area contributed by atoms with Gasteiger partial charge >= 0.3 is 0 Å². The number of nitrogen functional groups attached to an aromatic ring is 1. The quantitative estimate of drug-likeness (QED) is 0.772. The number of carbonyl (C=O) groups is 1. The predicted octanol–water partition coefficient (Wildman–Crippen LogP) is 0.480. The normalized spacial score (nSPS) is 10.7. The SMILES string of the molecule is CCn1ncc(N)c1C(=O)NCC(F)F. The van der Waals surface area contributed by atoms with Gasteiger partial charge in [0, 0.05) is 6.54 Å². The van der Waals surface area contributed by atoms with Crippen molar-refractivity contribution in [2.75, 3.05) is 12.3 Å². The summed E-state index contributed by atoms with van der Waals surface area (Å²) in [5.41, 5.74) is 5.80. The number of carbonyl (C=O) groups excluding carboxylic acids is 1. The first kappa shape index (κ1) is 11.4. The molecule has 0 aliphatic carbocycles. The van der Waals surface area contributed by atoms with E-state index in [0.717, 1.165) is 0 Å². The molecule has 0 aliphatic rings. The molecule has 0 atom stereocenters. The Morgan fingerprint density at radius 3 is 2.93 bits per heavy atom. The van der Waals surface area contributed by atoms with E-state index < -0.39 is 18.9 Å². The van der Waals surface area contributed by atoms with E-state index in [1.807, 2.05) is 0 Å². The second-order valence-electron chi connectivity index (χ2n) is 2.87. The van der Waals surface area contributed by atoms with Crippen LogP contribution >= 0.6 is 0 Å². The Labute approximate surface area is 85.2 Å². The van der Waals surface area contributed by atoms with Crippen molar-refractivity contribution in [2.45, 2.75) is 19.9 Å². The lowest BCUT2D eigenvalue weighted by molar-refractivity contribution is 0.0882. The second kappa shape index (κ2) is 4.72. The number of nitrogens with one attached hydrogen (secondary N) is 1. The third-order valence-corrected chi connectivity index (χ3v) is 1.80. The highest BCUT2D eigenvalue weighted by atomic mass is 19.3. The van der Waals surface area contributed by atoms with E-state index in [-0.39, 0.29) is 11.4 Å². The summed E-state index contributed by atoms with van der Waals surface area (Å²) in [6, 6.07) is 0. The molecule has 0 saturated heterocycles. The smallest absolute Gasteiger partial charge is 0.271 e. The summed E-state index contributed by atoms with van der Waals surface area (Å²) in [6.07, 6.45) is -1.26. The number of nitrogens with zero attached hydrogens (tertiary/aromatic N) is 2. The van der Waals surface area contributed by atoms with Gasteiger partial charge in [-0.2, -0.15) is 5.10 Å². The maximum atomic E-state index is 11.9. The lowest BCUT2D eigenvalue weighted by atomic mass is 10.3. The lowest BCUT2D eigenvalue weighted by Crippen LogP contribution is -2.30. The predicted molar refractivity (Wildman–Crippen MR) is 50.7 cm³/mol. The standard InChI is InChI=1S/C8H12F2N4O/c1-2-14-7(5(11)3-13-14)8(15)12-4-6(9)10/h3,6H,2,4,11H2,1H3,(H,12,15). The Morgan fingerprint density at radius 1 is 1.73 bits per heavy atom. The molecule has 1 amide bonds. The van der Waals surface area contributed by atoms with Crippen LogP contribution in [0.25, 0.3) is 0 Å². The minimum Gasteiger partial charge on any atom is -0.396 e. The summed E-state index contributed by atoms with van der Waals surface area (Å²) in [7, 11) is 0. The lowest BCUT2D eigenvalue weighted by Gasteiger charge is -2.06. The number of anilines is 1. The van der Waals surface area contributed by atoms with Gasteiger partial charge in [-0.15, -0.1) is 0 Å². The topological polar surface area (TPSA) is 72.9 Å². The number of hydrogen-bond donors (Lipinski definition) is 2. The molecular weight excluding hydrogens is 206 g/mol. The van der Waals surface area contributed by atoms with Gasteiger partial charge in [0.05, 0.1) is 18.4 Å². The van der Waals surface area contributed by atoms with Gasteiger partial charge < -0.3 is 11.1 Å². The Hall–Kier alpha value is -1.66. The van der Waals surface area contributed by atoms with Gasteiger partial charge in [0.2, 0.25) is 0 Å². The molecule has 0 spiro atoms. The Kier molecular flexibility index (Phi) is 3.59. The number of rotatable bonds is 4. The molecule has 0 bridgehead atoms. The first-order valence-electron chi connectivity index (χ1n) is 4.43. The molecule has 1 heterocycles. The second-order valence-corrected chi connectivity index (χ2v) is 2.87. The number of alkyl halides is 2. The van der Waals surface area contributed by atoms with E-state index >= 15 is 0 Å². The van der Waals surface area contributed by atoms with Gasteiger partial charge in [-0.1, -0.05) is 0 Å². The van der Waals surface area contributed by atoms with Gasteiger partial charge in [0.25, 0.3) is 12.3 Å². The number of aromatic nitrogens is 2. The fraction of sp³-hybridized carbons (Fsp3) is 0.500. The van der Waals surface area contributed by atoms with Crippen molar-refractivity contribution in [3.8, 4) is 0 Å². The number of amides is 1. The number of aryl methyl sites for hydroxylation is 1. The Bertz CT molecular complexity index is 350. The van der Waals surface area contributed by atoms with Gasteiger partial charge in [0.15, 0.2) is 0 Å². The van der Waals surface area contributed by atoms with E-state index in [1.165, 1.54) is 10.9 Å². The molecule has 5 nitrogen and oxygen atoms in total. The van der Waals surface area contributed by atoms with Crippen LogP contribution in [-0.4, -0.2) is 28.7 Å². The minimum absolute atomic E-state index is 0.123. The van der Waals surface area contributed by atoms with E-state index in [2.05, 4.69) is 10.4 Å². The Morgan fingerprint density at radius 2 is 2.40 bits per heavy atom. The van der Waals surface area contributed by atoms with E-state index in [1.54, 1.807) is 6.92 Å². The van der Waals surface area contributed by atoms with Crippen molar-refractivity contribution in [1.82, 2.24) is 15.1 Å². The molecule has 0 unspecified atom stereocenters. The molecule has 1 aromatic heterocycles. The fourth-order valence-corrected chi connectivity index (χ4v) is 1.14. The van der Waals surface area contributed by atoms with Gasteiger partial charge in [0.1, 0.15) is 5.69 Å². The van der Waals surface area contributed by atoms with Crippen molar-refractivity contribution in [2.24, 2.45) is 0 Å². The molecule has 0 aliphatic heterocycles. The van der Waals surface area contributed by atoms with Crippen LogP contribution < -0.4 is 11.1 Å². The van der Waals surface area contributed by atoms with Crippen LogP contribution in [0.5, 0.6) is 0 Å². The minimum atomic E-state index is -2.58. The molecule has 7 heteroatoms. The van der Waals surface area contributed by atoms with Crippen LogP contribution in [0.15, 0.2) is 6.20 Å². The van der Waals surface area contributed by atoms with Crippen molar-refractivity contribution in [1.29, 1.82) is 0 Å². The van der Waals surface area contributed by atoms with Crippen molar-refractivity contribution >= 4 is 11.6 Å². The highest BCUT2D eigenvalue weighted by Crippen LogP contribution is 2.10. The van der Waals surface area contributed by atoms with E-state index in [0.29, 0.717) is 6.54 Å². The number of nitrogens with two attached hydrogens (primary N) is 1. The third kappa shape index (κ3) is 2.64.